The Balaban J connectivity index is 2.21. The molecule has 1 heterocycles. The van der Waals surface area contributed by atoms with Gasteiger partial charge >= 0.3 is 0 Å². The van der Waals surface area contributed by atoms with Crippen LogP contribution in [0.4, 0.5) is 11.5 Å². The lowest BCUT2D eigenvalue weighted by molar-refractivity contribution is -0.385. The van der Waals surface area contributed by atoms with E-state index < -0.39 is 4.92 Å². The Morgan fingerprint density at radius 1 is 1.45 bits per heavy atom. The first-order chi connectivity index (χ1) is 9.50. The molecule has 1 aliphatic carbocycles. The number of nitrogens with zero attached hydrogens (tertiary/aromatic N) is 2. The molecule has 0 saturated heterocycles. The average molecular weight is 343 g/mol. The fourth-order valence-electron chi connectivity index (χ4n) is 2.55. The Morgan fingerprint density at radius 2 is 2.15 bits per heavy atom. The van der Waals surface area contributed by atoms with E-state index in [0.717, 1.165) is 25.7 Å². The van der Waals surface area contributed by atoms with E-state index in [0.29, 0.717) is 15.9 Å². The summed E-state index contributed by atoms with van der Waals surface area (Å²) in [5.74, 6) is 0.635. The molecule has 0 bridgehead atoms. The van der Waals surface area contributed by atoms with E-state index in [1.807, 2.05) is 0 Å². The van der Waals surface area contributed by atoms with E-state index in [9.17, 15) is 10.1 Å². The predicted octanol–water partition coefficient (Wildman–Crippen LogP) is 3.13. The number of nitrogens with two attached hydrogens (primary N) is 1. The normalized spacial score (nSPS) is 23.1. The summed E-state index contributed by atoms with van der Waals surface area (Å²) in [5.41, 5.74) is 6.78. The summed E-state index contributed by atoms with van der Waals surface area (Å²) in [6.45, 7) is 1.71. The lowest BCUT2D eigenvalue weighted by Gasteiger charge is -2.24. The molecule has 110 valence electrons. The number of halogens is 1. The van der Waals surface area contributed by atoms with E-state index >= 15 is 0 Å². The number of hydrogen-bond donors (Lipinski definition) is 2. The minimum absolute atomic E-state index is 0.0209. The molecule has 1 aromatic heterocycles. The summed E-state index contributed by atoms with van der Waals surface area (Å²) >= 11 is 3.40. The minimum atomic E-state index is -0.422. The van der Waals surface area contributed by atoms with Gasteiger partial charge < -0.3 is 11.1 Å². The second-order valence-corrected chi connectivity index (χ2v) is 6.03. The molecule has 1 aromatic rings. The molecule has 3 N–H and O–H groups in total. The quantitative estimate of drug-likeness (QED) is 0.500. The van der Waals surface area contributed by atoms with Crippen molar-refractivity contribution in [2.45, 2.75) is 51.1 Å². The SMILES string of the molecule is Cc1c([N+](=O)[O-])cnc(NC2CCCCCC2N)c1Br. The summed E-state index contributed by atoms with van der Waals surface area (Å²) in [5, 5.41) is 14.2. The van der Waals surface area contributed by atoms with Crippen LogP contribution < -0.4 is 11.1 Å². The molecule has 20 heavy (non-hydrogen) atoms. The maximum absolute atomic E-state index is 10.9. The Labute approximate surface area is 126 Å². The molecule has 7 heteroatoms. The summed E-state index contributed by atoms with van der Waals surface area (Å²) in [7, 11) is 0. The van der Waals surface area contributed by atoms with Crippen LogP contribution in [0.2, 0.25) is 0 Å². The van der Waals surface area contributed by atoms with Gasteiger partial charge in [-0.3, -0.25) is 10.1 Å². The highest BCUT2D eigenvalue weighted by molar-refractivity contribution is 9.10. The maximum Gasteiger partial charge on any atom is 0.291 e. The molecule has 2 rings (SSSR count). The number of hydrogen-bond acceptors (Lipinski definition) is 5. The third kappa shape index (κ3) is 3.27. The van der Waals surface area contributed by atoms with Crippen LogP contribution in [-0.4, -0.2) is 22.0 Å². The van der Waals surface area contributed by atoms with Crippen LogP contribution in [0.25, 0.3) is 0 Å². The fraction of sp³-hybridized carbons (Fsp3) is 0.615. The number of aromatic nitrogens is 1. The molecule has 0 amide bonds. The van der Waals surface area contributed by atoms with Crippen molar-refractivity contribution in [3.05, 3.63) is 26.3 Å². The van der Waals surface area contributed by atoms with E-state index in [4.69, 9.17) is 5.73 Å². The van der Waals surface area contributed by atoms with Crippen molar-refractivity contribution in [3.63, 3.8) is 0 Å². The van der Waals surface area contributed by atoms with Gasteiger partial charge in [-0.2, -0.15) is 0 Å². The van der Waals surface area contributed by atoms with Gasteiger partial charge in [-0.15, -0.1) is 0 Å². The van der Waals surface area contributed by atoms with E-state index in [1.165, 1.54) is 12.6 Å². The van der Waals surface area contributed by atoms with Crippen LogP contribution in [-0.2, 0) is 0 Å². The second-order valence-electron chi connectivity index (χ2n) is 5.24. The van der Waals surface area contributed by atoms with Crippen molar-refractivity contribution in [2.24, 2.45) is 5.73 Å². The van der Waals surface area contributed by atoms with Crippen molar-refractivity contribution in [3.8, 4) is 0 Å². The lowest BCUT2D eigenvalue weighted by Crippen LogP contribution is -2.39. The van der Waals surface area contributed by atoms with Crippen LogP contribution in [0.15, 0.2) is 10.7 Å². The molecule has 0 radical (unpaired) electrons. The van der Waals surface area contributed by atoms with Crippen LogP contribution in [0.1, 0.15) is 37.7 Å². The molecule has 0 aromatic carbocycles. The molecule has 0 spiro atoms. The number of anilines is 1. The van der Waals surface area contributed by atoms with Crippen molar-refractivity contribution < 1.29 is 4.92 Å². The molecule has 1 fully saturated rings. The first kappa shape index (κ1) is 15.2. The molecule has 1 saturated carbocycles. The van der Waals surface area contributed by atoms with Gasteiger partial charge in [-0.25, -0.2) is 4.98 Å². The molecule has 1 aliphatic rings. The van der Waals surface area contributed by atoms with Gasteiger partial charge in [0, 0.05) is 17.6 Å². The average Bonchev–Trinajstić information content (AvgIpc) is 2.60. The Morgan fingerprint density at radius 3 is 2.85 bits per heavy atom. The molecule has 2 atom stereocenters. The Bertz CT molecular complexity index is 509. The van der Waals surface area contributed by atoms with Crippen LogP contribution in [0.5, 0.6) is 0 Å². The van der Waals surface area contributed by atoms with Gasteiger partial charge in [-0.05, 0) is 35.7 Å². The smallest absolute Gasteiger partial charge is 0.291 e. The van der Waals surface area contributed by atoms with Crippen molar-refractivity contribution in [1.29, 1.82) is 0 Å². The monoisotopic (exact) mass is 342 g/mol. The highest BCUT2D eigenvalue weighted by atomic mass is 79.9. The van der Waals surface area contributed by atoms with E-state index in [2.05, 4.69) is 26.2 Å². The zero-order valence-corrected chi connectivity index (χ0v) is 13.0. The number of nitrogens with one attached hydrogen (secondary N) is 1. The first-order valence-electron chi connectivity index (χ1n) is 6.82. The van der Waals surface area contributed by atoms with Crippen molar-refractivity contribution >= 4 is 27.4 Å². The van der Waals surface area contributed by atoms with Gasteiger partial charge in [0.2, 0.25) is 0 Å². The summed E-state index contributed by atoms with van der Waals surface area (Å²) in [6, 6.07) is 0.267. The number of pyridine rings is 1. The minimum Gasteiger partial charge on any atom is -0.365 e. The molecular formula is C13H19BrN4O2. The van der Waals surface area contributed by atoms with Gasteiger partial charge in [0.05, 0.1) is 9.40 Å². The Hall–Kier alpha value is -1.21. The topological polar surface area (TPSA) is 94.1 Å². The predicted molar refractivity (Wildman–Crippen MR) is 81.8 cm³/mol. The molecular weight excluding hydrogens is 324 g/mol. The van der Waals surface area contributed by atoms with Gasteiger partial charge in [0.15, 0.2) is 0 Å². The van der Waals surface area contributed by atoms with Crippen LogP contribution >= 0.6 is 15.9 Å². The standard InChI is InChI=1S/C13H19BrN4O2/c1-8-11(18(19)20)7-16-13(12(8)14)17-10-6-4-2-3-5-9(10)15/h7,9-10H,2-6,15H2,1H3,(H,16,17). The zero-order valence-electron chi connectivity index (χ0n) is 11.4. The summed E-state index contributed by atoms with van der Waals surface area (Å²) in [4.78, 5) is 14.6. The Kier molecular flexibility index (Phi) is 4.93. The number of nitro groups is 1. The molecule has 6 nitrogen and oxygen atoms in total. The summed E-state index contributed by atoms with van der Waals surface area (Å²) in [6.07, 6.45) is 6.82. The molecule has 2 unspecified atom stereocenters. The highest BCUT2D eigenvalue weighted by Crippen LogP contribution is 2.32. The largest absolute Gasteiger partial charge is 0.365 e. The fourth-order valence-corrected chi connectivity index (χ4v) is 2.97. The zero-order chi connectivity index (χ0) is 14.7. The maximum atomic E-state index is 10.9. The van der Waals surface area contributed by atoms with E-state index in [1.54, 1.807) is 6.92 Å². The van der Waals surface area contributed by atoms with Gasteiger partial charge in [0.25, 0.3) is 5.69 Å². The molecule has 0 aliphatic heterocycles. The third-order valence-electron chi connectivity index (χ3n) is 3.83. The highest BCUT2D eigenvalue weighted by Gasteiger charge is 2.23. The van der Waals surface area contributed by atoms with Crippen LogP contribution in [0, 0.1) is 17.0 Å². The van der Waals surface area contributed by atoms with Gasteiger partial charge in [0.1, 0.15) is 12.0 Å². The third-order valence-corrected chi connectivity index (χ3v) is 4.80. The summed E-state index contributed by atoms with van der Waals surface area (Å²) < 4.78 is 0.642. The van der Waals surface area contributed by atoms with Gasteiger partial charge in [-0.1, -0.05) is 19.3 Å². The van der Waals surface area contributed by atoms with Crippen molar-refractivity contribution in [2.75, 3.05) is 5.32 Å². The number of rotatable bonds is 3. The van der Waals surface area contributed by atoms with Crippen LogP contribution in [0.3, 0.4) is 0 Å². The first-order valence-corrected chi connectivity index (χ1v) is 7.61. The second kappa shape index (κ2) is 6.49. The van der Waals surface area contributed by atoms with E-state index in [-0.39, 0.29) is 17.8 Å². The van der Waals surface area contributed by atoms with Crippen molar-refractivity contribution in [1.82, 2.24) is 4.98 Å². The lowest BCUT2D eigenvalue weighted by atomic mass is 10.0.